The van der Waals surface area contributed by atoms with Gasteiger partial charge in [-0.3, -0.25) is 4.79 Å². The molecule has 0 unspecified atom stereocenters. The van der Waals surface area contributed by atoms with Gasteiger partial charge in [-0.25, -0.2) is 0 Å². The second-order valence-corrected chi connectivity index (χ2v) is 3.47. The van der Waals surface area contributed by atoms with E-state index in [1.165, 1.54) is 18.9 Å². The molecule has 0 aromatic heterocycles. The van der Waals surface area contributed by atoms with Gasteiger partial charge in [-0.2, -0.15) is 0 Å². The van der Waals surface area contributed by atoms with Gasteiger partial charge in [-0.1, -0.05) is 0 Å². The second-order valence-electron chi connectivity index (χ2n) is 2.23. The van der Waals surface area contributed by atoms with Crippen LogP contribution in [0, 0.1) is 0 Å². The van der Waals surface area contributed by atoms with Crippen molar-refractivity contribution in [3.63, 3.8) is 0 Å². The van der Waals surface area contributed by atoms with Crippen molar-refractivity contribution in [2.45, 2.75) is 17.8 Å². The van der Waals surface area contributed by atoms with Crippen LogP contribution in [0.1, 0.15) is 6.42 Å². The summed E-state index contributed by atoms with van der Waals surface area (Å²) in [6.45, 7) is 0. The minimum absolute atomic E-state index is 0.139. The van der Waals surface area contributed by atoms with Crippen LogP contribution in [-0.4, -0.2) is 35.3 Å². The summed E-state index contributed by atoms with van der Waals surface area (Å²) in [6, 6.07) is 0. The van der Waals surface area contributed by atoms with Crippen molar-refractivity contribution in [3.8, 4) is 0 Å². The molecule has 1 aliphatic rings. The number of rotatable bonds is 1. The molecule has 3 nitrogen and oxygen atoms in total. The highest BCUT2D eigenvalue weighted by atomic mass is 32.2. The second kappa shape index (κ2) is 3.25. The summed E-state index contributed by atoms with van der Waals surface area (Å²) in [4.78, 5) is 10.8. The summed E-state index contributed by atoms with van der Waals surface area (Å²) in [5, 5.41) is 8.88. The number of methoxy groups -OCH3 is 1. The lowest BCUT2D eigenvalue weighted by atomic mass is 10.2. The fourth-order valence-electron chi connectivity index (χ4n) is 0.906. The predicted molar refractivity (Wildman–Crippen MR) is 38.9 cm³/mol. The Kier molecular flexibility index (Phi) is 2.56. The van der Waals surface area contributed by atoms with Crippen LogP contribution in [0.2, 0.25) is 0 Å². The molecule has 1 N–H and O–H groups in total. The zero-order valence-corrected chi connectivity index (χ0v) is 6.56. The molecule has 1 fully saturated rings. The van der Waals surface area contributed by atoms with Gasteiger partial charge in [0.25, 0.3) is 0 Å². The Morgan fingerprint density at radius 2 is 2.50 bits per heavy atom. The van der Waals surface area contributed by atoms with E-state index in [-0.39, 0.29) is 17.3 Å². The molecule has 4 heteroatoms. The molecule has 2 atom stereocenters. The van der Waals surface area contributed by atoms with Crippen LogP contribution in [0.25, 0.3) is 0 Å². The van der Waals surface area contributed by atoms with Gasteiger partial charge in [-0.15, -0.1) is 11.8 Å². The summed E-state index contributed by atoms with van der Waals surface area (Å²) >= 11 is 1.46. The van der Waals surface area contributed by atoms with Crippen LogP contribution in [0.15, 0.2) is 0 Å². The number of carbonyl (C=O) groups excluding carboxylic acids is 1. The monoisotopic (exact) mass is 162 g/mol. The normalized spacial score (nSPS) is 32.2. The highest BCUT2D eigenvalue weighted by Crippen LogP contribution is 2.27. The number of carbonyl (C=O) groups is 1. The standard InChI is InChI=1S/C6H10O3S/c1-9-6(8)5-2-4(7)3-10-5/h4-5,7H,2-3H2,1H3/t4-,5+/m1/s1. The Bertz CT molecular complexity index is 137. The predicted octanol–water partition coefficient (Wildman–Crippen LogP) is 0.0258. The molecule has 0 amide bonds. The molecule has 0 spiro atoms. The van der Waals surface area contributed by atoms with Crippen LogP contribution in [0.3, 0.4) is 0 Å². The molecule has 1 heterocycles. The quantitative estimate of drug-likeness (QED) is 0.552. The largest absolute Gasteiger partial charge is 0.468 e. The Morgan fingerprint density at radius 3 is 2.90 bits per heavy atom. The third kappa shape index (κ3) is 1.64. The van der Waals surface area contributed by atoms with Crippen molar-refractivity contribution in [1.29, 1.82) is 0 Å². The van der Waals surface area contributed by atoms with E-state index in [2.05, 4.69) is 4.74 Å². The Hall–Kier alpha value is -0.220. The van der Waals surface area contributed by atoms with Crippen molar-refractivity contribution >= 4 is 17.7 Å². The zero-order valence-electron chi connectivity index (χ0n) is 5.74. The first-order valence-electron chi connectivity index (χ1n) is 3.11. The Balaban J connectivity index is 2.37. The van der Waals surface area contributed by atoms with Crippen molar-refractivity contribution in [3.05, 3.63) is 0 Å². The lowest BCUT2D eigenvalue weighted by Gasteiger charge is -2.03. The minimum Gasteiger partial charge on any atom is -0.468 e. The van der Waals surface area contributed by atoms with Crippen LogP contribution in [0.4, 0.5) is 0 Å². The van der Waals surface area contributed by atoms with E-state index < -0.39 is 0 Å². The third-order valence-corrected chi connectivity index (χ3v) is 2.80. The molecular formula is C6H10O3S. The maximum absolute atomic E-state index is 10.8. The average Bonchev–Trinajstić information content (AvgIpc) is 2.34. The van der Waals surface area contributed by atoms with Gasteiger partial charge < -0.3 is 9.84 Å². The van der Waals surface area contributed by atoms with E-state index >= 15 is 0 Å². The molecule has 0 radical (unpaired) electrons. The van der Waals surface area contributed by atoms with Gasteiger partial charge in [0.05, 0.1) is 13.2 Å². The van der Waals surface area contributed by atoms with Crippen molar-refractivity contribution in [2.24, 2.45) is 0 Å². The smallest absolute Gasteiger partial charge is 0.318 e. The van der Waals surface area contributed by atoms with E-state index in [0.29, 0.717) is 12.2 Å². The lowest BCUT2D eigenvalue weighted by Crippen LogP contribution is -2.17. The third-order valence-electron chi connectivity index (χ3n) is 1.44. The first-order chi connectivity index (χ1) is 4.74. The number of hydrogen-bond acceptors (Lipinski definition) is 4. The molecule has 0 aromatic carbocycles. The summed E-state index contributed by atoms with van der Waals surface area (Å²) in [6.07, 6.45) is 0.214. The van der Waals surface area contributed by atoms with Crippen LogP contribution >= 0.6 is 11.8 Å². The first-order valence-corrected chi connectivity index (χ1v) is 4.16. The number of thioether (sulfide) groups is 1. The van der Waals surface area contributed by atoms with Gasteiger partial charge >= 0.3 is 5.97 Å². The maximum atomic E-state index is 10.8. The molecule has 58 valence electrons. The minimum atomic E-state index is -0.325. The van der Waals surface area contributed by atoms with E-state index in [4.69, 9.17) is 5.11 Å². The number of ether oxygens (including phenoxy) is 1. The summed E-state index contributed by atoms with van der Waals surface area (Å²) in [5.74, 6) is 0.432. The highest BCUT2D eigenvalue weighted by molar-refractivity contribution is 8.00. The fraction of sp³-hybridized carbons (Fsp3) is 0.833. The van der Waals surface area contributed by atoms with Gasteiger partial charge in [0, 0.05) is 5.75 Å². The summed E-state index contributed by atoms with van der Waals surface area (Å²) < 4.78 is 4.51. The van der Waals surface area contributed by atoms with Crippen molar-refractivity contribution in [2.75, 3.05) is 12.9 Å². The number of esters is 1. The van der Waals surface area contributed by atoms with Gasteiger partial charge in [0.2, 0.25) is 0 Å². The molecule has 0 aromatic rings. The zero-order chi connectivity index (χ0) is 7.56. The molecule has 0 saturated carbocycles. The number of aliphatic hydroxyl groups excluding tert-OH is 1. The molecule has 0 bridgehead atoms. The van der Waals surface area contributed by atoms with Crippen molar-refractivity contribution in [1.82, 2.24) is 0 Å². The van der Waals surface area contributed by atoms with Crippen LogP contribution in [-0.2, 0) is 9.53 Å². The fourth-order valence-corrected chi connectivity index (χ4v) is 2.09. The maximum Gasteiger partial charge on any atom is 0.318 e. The topological polar surface area (TPSA) is 46.5 Å². The molecule has 1 rings (SSSR count). The molecule has 10 heavy (non-hydrogen) atoms. The van der Waals surface area contributed by atoms with Crippen LogP contribution < -0.4 is 0 Å². The number of aliphatic hydroxyl groups is 1. The van der Waals surface area contributed by atoms with Gasteiger partial charge in [0.15, 0.2) is 0 Å². The summed E-state index contributed by atoms with van der Waals surface area (Å²) in [5.41, 5.74) is 0. The SMILES string of the molecule is COC(=O)[C@@H]1C[C@@H](O)CS1. The Labute approximate surface area is 63.8 Å². The highest BCUT2D eigenvalue weighted by Gasteiger charge is 2.29. The summed E-state index contributed by atoms with van der Waals surface area (Å²) in [7, 11) is 1.37. The lowest BCUT2D eigenvalue weighted by molar-refractivity contribution is -0.140. The van der Waals surface area contributed by atoms with Crippen molar-refractivity contribution < 1.29 is 14.6 Å². The van der Waals surface area contributed by atoms with E-state index in [0.717, 1.165) is 0 Å². The molecule has 0 aliphatic carbocycles. The average molecular weight is 162 g/mol. The van der Waals surface area contributed by atoms with Crippen LogP contribution in [0.5, 0.6) is 0 Å². The Morgan fingerprint density at radius 1 is 1.80 bits per heavy atom. The van der Waals surface area contributed by atoms with E-state index in [1.807, 2.05) is 0 Å². The van der Waals surface area contributed by atoms with Gasteiger partial charge in [0.1, 0.15) is 5.25 Å². The van der Waals surface area contributed by atoms with E-state index in [9.17, 15) is 4.79 Å². The van der Waals surface area contributed by atoms with E-state index in [1.54, 1.807) is 0 Å². The molecular weight excluding hydrogens is 152 g/mol. The molecule has 1 saturated heterocycles. The number of hydrogen-bond donors (Lipinski definition) is 1. The first kappa shape index (κ1) is 7.88. The molecule has 1 aliphatic heterocycles. The van der Waals surface area contributed by atoms with Gasteiger partial charge in [-0.05, 0) is 6.42 Å².